The van der Waals surface area contributed by atoms with Crippen LogP contribution < -0.4 is 5.73 Å². The maximum atomic E-state index is 12.2. The predicted molar refractivity (Wildman–Crippen MR) is 82.9 cm³/mol. The minimum absolute atomic E-state index is 0.246. The highest BCUT2D eigenvalue weighted by Gasteiger charge is 2.17. The molecule has 0 fully saturated rings. The van der Waals surface area contributed by atoms with Crippen LogP contribution in [0.4, 0.5) is 5.69 Å². The minimum atomic E-state index is -1.25. The van der Waals surface area contributed by atoms with Crippen LogP contribution in [0.3, 0.4) is 0 Å². The van der Waals surface area contributed by atoms with Crippen LogP contribution in [-0.2, 0) is 10.8 Å². The standard InChI is InChI=1S/C15H19N3O2S/c1-15(2,10-16)7-3-4-8-21(19)14-18-12-6-5-11(17)9-13(12)20-14/h5-6,9H,3-4,7-8,17H2,1-2H3. The molecule has 2 N–H and O–H groups in total. The zero-order valence-corrected chi connectivity index (χ0v) is 13.1. The number of unbranched alkanes of at least 4 members (excludes halogenated alkanes) is 1. The highest BCUT2D eigenvalue weighted by molar-refractivity contribution is 7.84. The van der Waals surface area contributed by atoms with Gasteiger partial charge in [-0.1, -0.05) is 6.42 Å². The number of fused-ring (bicyclic) bond motifs is 1. The van der Waals surface area contributed by atoms with E-state index in [2.05, 4.69) is 11.1 Å². The molecule has 0 saturated heterocycles. The lowest BCUT2D eigenvalue weighted by Crippen LogP contribution is -2.08. The SMILES string of the molecule is CC(C)(C#N)CCCCS(=O)c1nc2ccc(N)cc2o1. The number of benzene rings is 1. The van der Waals surface area contributed by atoms with Gasteiger partial charge in [0.2, 0.25) is 0 Å². The summed E-state index contributed by atoms with van der Waals surface area (Å²) >= 11 is 0. The molecule has 1 heterocycles. The first kappa shape index (κ1) is 15.5. The zero-order valence-electron chi connectivity index (χ0n) is 12.3. The fraction of sp³-hybridized carbons (Fsp3) is 0.467. The van der Waals surface area contributed by atoms with Gasteiger partial charge in [0, 0.05) is 17.5 Å². The Balaban J connectivity index is 1.92. The second kappa shape index (κ2) is 6.27. The van der Waals surface area contributed by atoms with Gasteiger partial charge in [0.25, 0.3) is 5.22 Å². The smallest absolute Gasteiger partial charge is 0.287 e. The average Bonchev–Trinajstić information content (AvgIpc) is 2.86. The highest BCUT2D eigenvalue weighted by Crippen LogP contribution is 2.23. The van der Waals surface area contributed by atoms with Crippen molar-refractivity contribution in [1.29, 1.82) is 5.26 Å². The van der Waals surface area contributed by atoms with Gasteiger partial charge in [-0.25, -0.2) is 9.19 Å². The predicted octanol–water partition coefficient (Wildman–Crippen LogP) is 3.24. The van der Waals surface area contributed by atoms with Gasteiger partial charge in [0.15, 0.2) is 5.58 Å². The number of nitrogens with two attached hydrogens (primary N) is 1. The van der Waals surface area contributed by atoms with E-state index >= 15 is 0 Å². The van der Waals surface area contributed by atoms with Gasteiger partial charge in [0.1, 0.15) is 16.3 Å². The first-order chi connectivity index (χ1) is 9.91. The summed E-state index contributed by atoms with van der Waals surface area (Å²) in [5.41, 5.74) is 7.17. The quantitative estimate of drug-likeness (QED) is 0.653. The van der Waals surface area contributed by atoms with Crippen LogP contribution in [0.5, 0.6) is 0 Å². The molecule has 1 atom stereocenters. The molecule has 6 heteroatoms. The normalized spacial score (nSPS) is 13.2. The summed E-state index contributed by atoms with van der Waals surface area (Å²) in [6.07, 6.45) is 2.43. The van der Waals surface area contributed by atoms with E-state index in [1.807, 2.05) is 13.8 Å². The largest absolute Gasteiger partial charge is 0.430 e. The van der Waals surface area contributed by atoms with Gasteiger partial charge in [-0.05, 0) is 38.8 Å². The second-order valence-electron chi connectivity index (χ2n) is 5.71. The lowest BCUT2D eigenvalue weighted by Gasteiger charge is -2.13. The molecular weight excluding hydrogens is 286 g/mol. The van der Waals surface area contributed by atoms with Crippen LogP contribution in [0.15, 0.2) is 27.8 Å². The number of nitrogen functional groups attached to an aromatic ring is 1. The summed E-state index contributed by atoms with van der Waals surface area (Å²) in [7, 11) is -1.25. The molecule has 1 aromatic carbocycles. The van der Waals surface area contributed by atoms with Gasteiger partial charge >= 0.3 is 0 Å². The zero-order chi connectivity index (χ0) is 15.5. The number of hydrogen-bond donors (Lipinski definition) is 1. The molecule has 0 bridgehead atoms. The van der Waals surface area contributed by atoms with E-state index in [1.165, 1.54) is 0 Å². The molecule has 1 aromatic heterocycles. The number of anilines is 1. The molecule has 21 heavy (non-hydrogen) atoms. The Hall–Kier alpha value is -1.87. The third kappa shape index (κ3) is 4.05. The summed E-state index contributed by atoms with van der Waals surface area (Å²) in [4.78, 5) is 4.22. The Morgan fingerprint density at radius 2 is 2.19 bits per heavy atom. The van der Waals surface area contributed by atoms with Gasteiger partial charge in [-0.3, -0.25) is 0 Å². The first-order valence-corrected chi connectivity index (χ1v) is 8.19. The van der Waals surface area contributed by atoms with Crippen LogP contribution >= 0.6 is 0 Å². The molecule has 2 aromatic rings. The molecule has 0 spiro atoms. The monoisotopic (exact) mass is 305 g/mol. The molecule has 0 amide bonds. The Morgan fingerprint density at radius 3 is 2.90 bits per heavy atom. The van der Waals surface area contributed by atoms with E-state index in [9.17, 15) is 4.21 Å². The van der Waals surface area contributed by atoms with Crippen molar-refractivity contribution in [2.75, 3.05) is 11.5 Å². The number of nitrogens with zero attached hydrogens (tertiary/aromatic N) is 2. The first-order valence-electron chi connectivity index (χ1n) is 6.87. The number of nitriles is 1. The molecule has 0 radical (unpaired) electrons. The second-order valence-corrected chi connectivity index (χ2v) is 7.16. The lowest BCUT2D eigenvalue weighted by molar-refractivity contribution is 0.431. The fourth-order valence-corrected chi connectivity index (χ4v) is 2.98. The molecule has 2 rings (SSSR count). The van der Waals surface area contributed by atoms with Crippen molar-refractivity contribution in [2.45, 2.75) is 38.3 Å². The Bertz CT molecular complexity index is 700. The van der Waals surface area contributed by atoms with Crippen molar-refractivity contribution in [3.8, 4) is 6.07 Å². The Kier molecular flexibility index (Phi) is 4.63. The summed E-state index contributed by atoms with van der Waals surface area (Å²) in [5, 5.41) is 9.18. The van der Waals surface area contributed by atoms with E-state index in [0.29, 0.717) is 22.5 Å². The van der Waals surface area contributed by atoms with Gasteiger partial charge in [0.05, 0.1) is 11.5 Å². The van der Waals surface area contributed by atoms with Crippen molar-refractivity contribution < 1.29 is 8.63 Å². The average molecular weight is 305 g/mol. The van der Waals surface area contributed by atoms with Crippen molar-refractivity contribution >= 4 is 27.6 Å². The van der Waals surface area contributed by atoms with E-state index < -0.39 is 10.8 Å². The highest BCUT2D eigenvalue weighted by atomic mass is 32.2. The maximum Gasteiger partial charge on any atom is 0.287 e. The number of hydrogen-bond acceptors (Lipinski definition) is 5. The number of oxazole rings is 1. The Morgan fingerprint density at radius 1 is 1.43 bits per heavy atom. The summed E-state index contributed by atoms with van der Waals surface area (Å²) < 4.78 is 17.6. The number of aromatic nitrogens is 1. The molecule has 0 saturated carbocycles. The maximum absolute atomic E-state index is 12.2. The van der Waals surface area contributed by atoms with Crippen LogP contribution in [0, 0.1) is 16.7 Å². The molecule has 5 nitrogen and oxygen atoms in total. The molecule has 112 valence electrons. The summed E-state index contributed by atoms with van der Waals surface area (Å²) in [5.74, 6) is 0.490. The molecule has 0 aliphatic rings. The third-order valence-electron chi connectivity index (χ3n) is 3.27. The van der Waals surface area contributed by atoms with Crippen LogP contribution in [0.1, 0.15) is 33.1 Å². The summed E-state index contributed by atoms with van der Waals surface area (Å²) in [6.45, 7) is 3.82. The van der Waals surface area contributed by atoms with Gasteiger partial charge < -0.3 is 10.2 Å². The van der Waals surface area contributed by atoms with E-state index in [0.717, 1.165) is 19.3 Å². The van der Waals surface area contributed by atoms with Gasteiger partial charge in [-0.2, -0.15) is 5.26 Å². The minimum Gasteiger partial charge on any atom is -0.430 e. The third-order valence-corrected chi connectivity index (χ3v) is 4.50. The molecule has 1 unspecified atom stereocenters. The lowest BCUT2D eigenvalue weighted by atomic mass is 9.89. The van der Waals surface area contributed by atoms with Crippen molar-refractivity contribution in [3.63, 3.8) is 0 Å². The Labute approximate surface area is 126 Å². The van der Waals surface area contributed by atoms with Crippen molar-refractivity contribution in [2.24, 2.45) is 5.41 Å². The van der Waals surface area contributed by atoms with E-state index in [-0.39, 0.29) is 10.6 Å². The van der Waals surface area contributed by atoms with E-state index in [4.69, 9.17) is 15.4 Å². The fourth-order valence-electron chi connectivity index (χ4n) is 1.96. The summed E-state index contributed by atoms with van der Waals surface area (Å²) in [6, 6.07) is 7.44. The van der Waals surface area contributed by atoms with Crippen LogP contribution in [-0.4, -0.2) is 14.9 Å². The van der Waals surface area contributed by atoms with E-state index in [1.54, 1.807) is 18.2 Å². The van der Waals surface area contributed by atoms with Crippen LogP contribution in [0.25, 0.3) is 11.1 Å². The van der Waals surface area contributed by atoms with Crippen molar-refractivity contribution in [3.05, 3.63) is 18.2 Å². The molecule has 0 aliphatic heterocycles. The van der Waals surface area contributed by atoms with Crippen molar-refractivity contribution in [1.82, 2.24) is 4.98 Å². The molecule has 0 aliphatic carbocycles. The van der Waals surface area contributed by atoms with Gasteiger partial charge in [-0.15, -0.1) is 0 Å². The molecular formula is C15H19N3O2S. The topological polar surface area (TPSA) is 92.9 Å². The number of rotatable bonds is 6. The van der Waals surface area contributed by atoms with Crippen LogP contribution in [0.2, 0.25) is 0 Å².